The van der Waals surface area contributed by atoms with Gasteiger partial charge in [-0.3, -0.25) is 4.79 Å². The van der Waals surface area contributed by atoms with Gasteiger partial charge in [0.05, 0.1) is 17.6 Å². The molecule has 5 heteroatoms. The zero-order chi connectivity index (χ0) is 21.9. The molecule has 4 aromatic rings. The van der Waals surface area contributed by atoms with E-state index in [4.69, 9.17) is 9.72 Å². The number of aryl methyl sites for hydroxylation is 2. The average Bonchev–Trinajstić information content (AvgIpc) is 3.38. The molecule has 0 unspecified atom stereocenters. The van der Waals surface area contributed by atoms with E-state index in [0.717, 1.165) is 46.8 Å². The smallest absolute Gasteiger partial charge is 0.227 e. The highest BCUT2D eigenvalue weighted by Crippen LogP contribution is 2.34. The lowest BCUT2D eigenvalue weighted by molar-refractivity contribution is -0.117. The summed E-state index contributed by atoms with van der Waals surface area (Å²) in [6, 6.07) is 26.2. The number of imidazole rings is 1. The lowest BCUT2D eigenvalue weighted by Gasteiger charge is -2.19. The predicted molar refractivity (Wildman–Crippen MR) is 127 cm³/mol. The molecule has 1 atom stereocenters. The lowest BCUT2D eigenvalue weighted by atomic mass is 10.1. The summed E-state index contributed by atoms with van der Waals surface area (Å²) in [5.74, 6) is 2.12. The van der Waals surface area contributed by atoms with Gasteiger partial charge in [0.2, 0.25) is 5.91 Å². The largest absolute Gasteiger partial charge is 0.494 e. The molecule has 162 valence electrons. The molecule has 2 heterocycles. The number of amides is 1. The summed E-state index contributed by atoms with van der Waals surface area (Å²) in [5.41, 5.74) is 4.21. The number of para-hydroxylation sites is 4. The highest BCUT2D eigenvalue weighted by Gasteiger charge is 2.35. The van der Waals surface area contributed by atoms with Gasteiger partial charge >= 0.3 is 0 Å². The van der Waals surface area contributed by atoms with Gasteiger partial charge in [-0.05, 0) is 49.2 Å². The van der Waals surface area contributed by atoms with E-state index in [1.54, 1.807) is 0 Å². The lowest BCUT2D eigenvalue weighted by Crippen LogP contribution is -2.25. The Bertz CT molecular complexity index is 1230. The first kappa shape index (κ1) is 20.3. The molecule has 0 bridgehead atoms. The third-order valence-electron chi connectivity index (χ3n) is 6.12. The maximum Gasteiger partial charge on any atom is 0.227 e. The molecule has 3 aromatic carbocycles. The normalized spacial score (nSPS) is 16.1. The first-order valence-electron chi connectivity index (χ1n) is 11.2. The number of rotatable bonds is 7. The number of hydrogen-bond acceptors (Lipinski definition) is 3. The van der Waals surface area contributed by atoms with E-state index in [-0.39, 0.29) is 11.8 Å². The molecule has 0 radical (unpaired) electrons. The van der Waals surface area contributed by atoms with Gasteiger partial charge in [-0.25, -0.2) is 4.98 Å². The molecule has 0 spiro atoms. The van der Waals surface area contributed by atoms with Crippen LogP contribution in [0.15, 0.2) is 78.9 Å². The Kier molecular flexibility index (Phi) is 5.63. The Labute approximate surface area is 188 Å². The number of ether oxygens (including phenoxy) is 1. The van der Waals surface area contributed by atoms with E-state index in [9.17, 15) is 4.79 Å². The molecule has 1 amide bonds. The molecular weight excluding hydrogens is 398 g/mol. The van der Waals surface area contributed by atoms with E-state index in [1.165, 1.54) is 0 Å². The number of benzene rings is 3. The van der Waals surface area contributed by atoms with Gasteiger partial charge < -0.3 is 14.2 Å². The summed E-state index contributed by atoms with van der Waals surface area (Å²) in [5, 5.41) is 0. The second-order valence-corrected chi connectivity index (χ2v) is 8.32. The van der Waals surface area contributed by atoms with Crippen molar-refractivity contribution in [1.82, 2.24) is 9.55 Å². The van der Waals surface area contributed by atoms with Crippen LogP contribution in [-0.2, 0) is 11.3 Å². The number of nitrogens with zero attached hydrogens (tertiary/aromatic N) is 3. The van der Waals surface area contributed by atoms with Crippen molar-refractivity contribution in [3.05, 3.63) is 90.3 Å². The van der Waals surface area contributed by atoms with Gasteiger partial charge in [0.25, 0.3) is 0 Å². The topological polar surface area (TPSA) is 47.4 Å². The Morgan fingerprint density at radius 3 is 2.56 bits per heavy atom. The molecule has 0 saturated carbocycles. The molecule has 5 nitrogen and oxygen atoms in total. The molecular formula is C27H27N3O2. The zero-order valence-electron chi connectivity index (χ0n) is 18.3. The summed E-state index contributed by atoms with van der Waals surface area (Å²) in [6.07, 6.45) is 1.35. The van der Waals surface area contributed by atoms with Crippen LogP contribution in [0.25, 0.3) is 11.0 Å². The minimum atomic E-state index is 0.0737. The zero-order valence-corrected chi connectivity index (χ0v) is 18.3. The van der Waals surface area contributed by atoms with Crippen LogP contribution in [0.4, 0.5) is 5.69 Å². The fourth-order valence-corrected chi connectivity index (χ4v) is 4.55. The van der Waals surface area contributed by atoms with Crippen LogP contribution < -0.4 is 9.64 Å². The molecule has 32 heavy (non-hydrogen) atoms. The van der Waals surface area contributed by atoms with Crippen LogP contribution in [0.3, 0.4) is 0 Å². The summed E-state index contributed by atoms with van der Waals surface area (Å²) < 4.78 is 8.17. The van der Waals surface area contributed by atoms with Crippen molar-refractivity contribution in [2.75, 3.05) is 18.1 Å². The van der Waals surface area contributed by atoms with Crippen LogP contribution in [0.1, 0.15) is 30.1 Å². The Hall–Kier alpha value is -3.60. The molecule has 1 aliphatic heterocycles. The van der Waals surface area contributed by atoms with Gasteiger partial charge in [0.15, 0.2) is 0 Å². The third kappa shape index (κ3) is 3.98. The van der Waals surface area contributed by atoms with Crippen molar-refractivity contribution < 1.29 is 9.53 Å². The summed E-state index contributed by atoms with van der Waals surface area (Å²) in [6.45, 7) is 4.15. The van der Waals surface area contributed by atoms with Gasteiger partial charge in [-0.15, -0.1) is 0 Å². The summed E-state index contributed by atoms with van der Waals surface area (Å²) in [4.78, 5) is 19.8. The number of carbonyl (C=O) groups is 1. The fraction of sp³-hybridized carbons (Fsp3) is 0.259. The van der Waals surface area contributed by atoms with Crippen molar-refractivity contribution in [3.63, 3.8) is 0 Å². The van der Waals surface area contributed by atoms with Gasteiger partial charge in [-0.2, -0.15) is 0 Å². The number of anilines is 1. The average molecular weight is 426 g/mol. The standard InChI is InChI=1S/C27H27N3O2/c1-20-10-5-7-14-24(20)30-19-21(18-26(30)31)27-28-23-13-6-8-15-25(23)29(27)16-9-17-32-22-11-3-2-4-12-22/h2-8,10-15,21H,9,16-19H2,1H3/t21-/m1/s1. The van der Waals surface area contributed by atoms with E-state index >= 15 is 0 Å². The molecule has 1 saturated heterocycles. The van der Waals surface area contributed by atoms with Gasteiger partial charge in [0, 0.05) is 31.1 Å². The highest BCUT2D eigenvalue weighted by molar-refractivity contribution is 5.97. The van der Waals surface area contributed by atoms with Crippen molar-refractivity contribution in [1.29, 1.82) is 0 Å². The summed E-state index contributed by atoms with van der Waals surface area (Å²) in [7, 11) is 0. The number of fused-ring (bicyclic) bond motifs is 1. The van der Waals surface area contributed by atoms with E-state index in [0.29, 0.717) is 19.6 Å². The molecule has 1 fully saturated rings. The monoisotopic (exact) mass is 425 g/mol. The van der Waals surface area contributed by atoms with Crippen molar-refractivity contribution in [2.24, 2.45) is 0 Å². The van der Waals surface area contributed by atoms with Gasteiger partial charge in [-0.1, -0.05) is 48.5 Å². The second kappa shape index (κ2) is 8.87. The summed E-state index contributed by atoms with van der Waals surface area (Å²) >= 11 is 0. The Balaban J connectivity index is 1.37. The molecule has 0 aliphatic carbocycles. The highest BCUT2D eigenvalue weighted by atomic mass is 16.5. The van der Waals surface area contributed by atoms with E-state index in [1.807, 2.05) is 71.6 Å². The molecule has 1 aliphatic rings. The number of carbonyl (C=O) groups excluding carboxylic acids is 1. The quantitative estimate of drug-likeness (QED) is 0.376. The van der Waals surface area contributed by atoms with Crippen molar-refractivity contribution in [2.45, 2.75) is 32.2 Å². The third-order valence-corrected chi connectivity index (χ3v) is 6.12. The second-order valence-electron chi connectivity index (χ2n) is 8.32. The van der Waals surface area contributed by atoms with Crippen LogP contribution >= 0.6 is 0 Å². The van der Waals surface area contributed by atoms with Crippen LogP contribution in [0.5, 0.6) is 5.75 Å². The fourth-order valence-electron chi connectivity index (χ4n) is 4.55. The predicted octanol–water partition coefficient (Wildman–Crippen LogP) is 5.33. The van der Waals surface area contributed by atoms with Crippen molar-refractivity contribution >= 4 is 22.6 Å². The van der Waals surface area contributed by atoms with Gasteiger partial charge in [0.1, 0.15) is 11.6 Å². The first-order valence-corrected chi connectivity index (χ1v) is 11.2. The van der Waals surface area contributed by atoms with E-state index < -0.39 is 0 Å². The number of hydrogen-bond donors (Lipinski definition) is 0. The van der Waals surface area contributed by atoms with Crippen LogP contribution in [-0.4, -0.2) is 28.6 Å². The SMILES string of the molecule is Cc1ccccc1N1C[C@H](c2nc3ccccc3n2CCCOc2ccccc2)CC1=O. The Morgan fingerprint density at radius 2 is 1.72 bits per heavy atom. The van der Waals surface area contributed by atoms with Crippen molar-refractivity contribution in [3.8, 4) is 5.75 Å². The minimum absolute atomic E-state index is 0.0737. The first-order chi connectivity index (χ1) is 15.7. The maximum absolute atomic E-state index is 12.9. The Morgan fingerprint density at radius 1 is 0.969 bits per heavy atom. The van der Waals surface area contributed by atoms with E-state index in [2.05, 4.69) is 23.6 Å². The minimum Gasteiger partial charge on any atom is -0.494 e. The molecule has 1 aromatic heterocycles. The molecule has 0 N–H and O–H groups in total. The van der Waals surface area contributed by atoms with Crippen LogP contribution in [0.2, 0.25) is 0 Å². The molecule has 5 rings (SSSR count). The maximum atomic E-state index is 12.9. The van der Waals surface area contributed by atoms with Crippen LogP contribution in [0, 0.1) is 6.92 Å². The number of aromatic nitrogens is 2.